The normalized spacial score (nSPS) is 11.5. The van der Waals surface area contributed by atoms with Crippen molar-refractivity contribution in [2.24, 2.45) is 5.73 Å². The minimum atomic E-state index is -3.77. The van der Waals surface area contributed by atoms with Gasteiger partial charge in [0, 0.05) is 13.0 Å². The van der Waals surface area contributed by atoms with Crippen LogP contribution >= 0.6 is 23.2 Å². The second kappa shape index (κ2) is 7.12. The van der Waals surface area contributed by atoms with Crippen LogP contribution in [0, 0.1) is 0 Å². The Morgan fingerprint density at radius 2 is 1.90 bits per heavy atom. The molecule has 20 heavy (non-hydrogen) atoms. The van der Waals surface area contributed by atoms with Crippen molar-refractivity contribution in [3.05, 3.63) is 22.2 Å². The van der Waals surface area contributed by atoms with Crippen molar-refractivity contribution >= 4 is 44.8 Å². The second-order valence-corrected chi connectivity index (χ2v) is 6.61. The van der Waals surface area contributed by atoms with Gasteiger partial charge in [-0.05, 0) is 25.0 Å². The first kappa shape index (κ1) is 17.0. The van der Waals surface area contributed by atoms with Crippen molar-refractivity contribution < 1.29 is 13.2 Å². The molecular formula is C11H15Cl2N3O3S. The first-order valence-corrected chi connectivity index (χ1v) is 8.01. The molecule has 1 aromatic carbocycles. The summed E-state index contributed by atoms with van der Waals surface area (Å²) in [6.07, 6.45) is 1.22. The van der Waals surface area contributed by atoms with Crippen LogP contribution in [-0.2, 0) is 14.8 Å². The van der Waals surface area contributed by atoms with Gasteiger partial charge in [-0.15, -0.1) is 0 Å². The van der Waals surface area contributed by atoms with E-state index in [0.717, 1.165) is 0 Å². The molecule has 0 heterocycles. The molecule has 0 fully saturated rings. The summed E-state index contributed by atoms with van der Waals surface area (Å²) in [6.45, 7) is 0.175. The number of nitrogen functional groups attached to an aromatic ring is 1. The summed E-state index contributed by atoms with van der Waals surface area (Å²) in [4.78, 5) is 10.4. The van der Waals surface area contributed by atoms with Gasteiger partial charge in [-0.2, -0.15) is 0 Å². The first-order chi connectivity index (χ1) is 9.25. The van der Waals surface area contributed by atoms with Crippen molar-refractivity contribution in [1.82, 2.24) is 4.72 Å². The number of unbranched alkanes of at least 4 members (excludes halogenated alkanes) is 1. The maximum absolute atomic E-state index is 12.0. The fourth-order valence-electron chi connectivity index (χ4n) is 1.47. The Balaban J connectivity index is 2.70. The van der Waals surface area contributed by atoms with E-state index in [4.69, 9.17) is 34.7 Å². The number of sulfonamides is 1. The molecule has 0 atom stereocenters. The molecule has 5 N–H and O–H groups in total. The summed E-state index contributed by atoms with van der Waals surface area (Å²) >= 11 is 11.6. The number of rotatable bonds is 7. The minimum absolute atomic E-state index is 0.0185. The number of amides is 1. The van der Waals surface area contributed by atoms with Gasteiger partial charge in [0.1, 0.15) is 4.90 Å². The van der Waals surface area contributed by atoms with Crippen LogP contribution in [-0.4, -0.2) is 20.9 Å². The molecule has 0 aromatic heterocycles. The van der Waals surface area contributed by atoms with Crippen LogP contribution in [0.3, 0.4) is 0 Å². The Labute approximate surface area is 127 Å². The second-order valence-electron chi connectivity index (χ2n) is 4.09. The Bertz CT molecular complexity index is 605. The molecule has 0 aliphatic heterocycles. The zero-order valence-corrected chi connectivity index (χ0v) is 12.9. The maximum Gasteiger partial charge on any atom is 0.242 e. The van der Waals surface area contributed by atoms with E-state index in [2.05, 4.69) is 4.72 Å². The van der Waals surface area contributed by atoms with Gasteiger partial charge >= 0.3 is 0 Å². The van der Waals surface area contributed by atoms with Gasteiger partial charge in [-0.25, -0.2) is 13.1 Å². The summed E-state index contributed by atoms with van der Waals surface area (Å²) < 4.78 is 26.4. The number of anilines is 1. The molecule has 0 bridgehead atoms. The van der Waals surface area contributed by atoms with Crippen LogP contribution in [0.15, 0.2) is 17.0 Å². The third-order valence-corrected chi connectivity index (χ3v) is 4.87. The van der Waals surface area contributed by atoms with Crippen molar-refractivity contribution in [3.8, 4) is 0 Å². The van der Waals surface area contributed by atoms with Crippen molar-refractivity contribution in [2.45, 2.75) is 24.2 Å². The van der Waals surface area contributed by atoms with Gasteiger partial charge in [0.05, 0.1) is 15.7 Å². The molecule has 112 valence electrons. The SMILES string of the molecule is NC(=O)CCCCNS(=O)(=O)c1ccc(Cl)c(N)c1Cl. The lowest BCUT2D eigenvalue weighted by atomic mass is 10.2. The highest BCUT2D eigenvalue weighted by molar-refractivity contribution is 7.89. The van der Waals surface area contributed by atoms with Gasteiger partial charge in [-0.1, -0.05) is 23.2 Å². The average molecular weight is 340 g/mol. The number of hydrogen-bond donors (Lipinski definition) is 3. The number of nitrogens with two attached hydrogens (primary N) is 2. The summed E-state index contributed by atoms with van der Waals surface area (Å²) in [5.41, 5.74) is 10.6. The smallest absolute Gasteiger partial charge is 0.242 e. The molecule has 6 nitrogen and oxygen atoms in total. The first-order valence-electron chi connectivity index (χ1n) is 5.77. The highest BCUT2D eigenvalue weighted by atomic mass is 35.5. The van der Waals surface area contributed by atoms with E-state index in [-0.39, 0.29) is 33.6 Å². The van der Waals surface area contributed by atoms with Gasteiger partial charge in [-0.3, -0.25) is 4.79 Å². The zero-order chi connectivity index (χ0) is 15.3. The highest BCUT2D eigenvalue weighted by Crippen LogP contribution is 2.32. The average Bonchev–Trinajstić information content (AvgIpc) is 2.34. The predicted molar refractivity (Wildman–Crippen MR) is 79.1 cm³/mol. The van der Waals surface area contributed by atoms with Crippen molar-refractivity contribution in [2.75, 3.05) is 12.3 Å². The molecular weight excluding hydrogens is 325 g/mol. The summed E-state index contributed by atoms with van der Waals surface area (Å²) in [6, 6.07) is 2.65. The molecule has 1 rings (SSSR count). The van der Waals surface area contributed by atoms with Crippen molar-refractivity contribution in [3.63, 3.8) is 0 Å². The van der Waals surface area contributed by atoms with Gasteiger partial charge in [0.2, 0.25) is 15.9 Å². The molecule has 0 unspecified atom stereocenters. The molecule has 0 aliphatic rings. The topological polar surface area (TPSA) is 115 Å². The lowest BCUT2D eigenvalue weighted by molar-refractivity contribution is -0.118. The third kappa shape index (κ3) is 4.52. The number of carbonyl (C=O) groups excluding carboxylic acids is 1. The molecule has 0 aliphatic carbocycles. The van der Waals surface area contributed by atoms with Gasteiger partial charge < -0.3 is 11.5 Å². The molecule has 1 aromatic rings. The van der Waals surface area contributed by atoms with Crippen LogP contribution in [0.1, 0.15) is 19.3 Å². The van der Waals surface area contributed by atoms with Crippen LogP contribution < -0.4 is 16.2 Å². The minimum Gasteiger partial charge on any atom is -0.396 e. The predicted octanol–water partition coefficient (Wildman–Crippen LogP) is 1.51. The number of halogens is 2. The van der Waals surface area contributed by atoms with Crippen LogP contribution in [0.4, 0.5) is 5.69 Å². The van der Waals surface area contributed by atoms with Crippen LogP contribution in [0.2, 0.25) is 10.0 Å². The molecule has 0 radical (unpaired) electrons. The number of primary amides is 1. The fraction of sp³-hybridized carbons (Fsp3) is 0.364. The van der Waals surface area contributed by atoms with Crippen LogP contribution in [0.5, 0.6) is 0 Å². The lowest BCUT2D eigenvalue weighted by Gasteiger charge is -2.10. The monoisotopic (exact) mass is 339 g/mol. The largest absolute Gasteiger partial charge is 0.396 e. The number of carbonyl (C=O) groups is 1. The van der Waals surface area contributed by atoms with E-state index in [0.29, 0.717) is 12.8 Å². The van der Waals surface area contributed by atoms with E-state index in [9.17, 15) is 13.2 Å². The number of hydrogen-bond acceptors (Lipinski definition) is 4. The fourth-order valence-corrected chi connectivity index (χ4v) is 3.30. The maximum atomic E-state index is 12.0. The van der Waals surface area contributed by atoms with E-state index < -0.39 is 15.9 Å². The standard InChI is InChI=1S/C11H15Cl2N3O3S/c12-7-4-5-8(10(13)11(7)15)20(18,19)16-6-2-1-3-9(14)17/h4-5,16H,1-3,6,15H2,(H2,14,17). The Morgan fingerprint density at radius 1 is 1.25 bits per heavy atom. The molecule has 0 saturated heterocycles. The van der Waals surface area contributed by atoms with Gasteiger partial charge in [0.25, 0.3) is 0 Å². The number of benzene rings is 1. The Morgan fingerprint density at radius 3 is 2.50 bits per heavy atom. The quantitative estimate of drug-likeness (QED) is 0.515. The lowest BCUT2D eigenvalue weighted by Crippen LogP contribution is -2.25. The Kier molecular flexibility index (Phi) is 6.07. The summed E-state index contributed by atoms with van der Waals surface area (Å²) in [7, 11) is -3.77. The van der Waals surface area contributed by atoms with E-state index in [1.54, 1.807) is 0 Å². The molecule has 0 spiro atoms. The summed E-state index contributed by atoms with van der Waals surface area (Å²) in [5, 5.41) is 0.0811. The van der Waals surface area contributed by atoms with Crippen molar-refractivity contribution in [1.29, 1.82) is 0 Å². The number of nitrogens with one attached hydrogen (secondary N) is 1. The summed E-state index contributed by atoms with van der Waals surface area (Å²) in [5.74, 6) is -0.415. The highest BCUT2D eigenvalue weighted by Gasteiger charge is 2.20. The van der Waals surface area contributed by atoms with Gasteiger partial charge in [0.15, 0.2) is 0 Å². The Hall–Kier alpha value is -1.02. The van der Waals surface area contributed by atoms with Crippen LogP contribution in [0.25, 0.3) is 0 Å². The third-order valence-electron chi connectivity index (χ3n) is 2.52. The zero-order valence-electron chi connectivity index (χ0n) is 10.5. The molecule has 0 saturated carbocycles. The van der Waals surface area contributed by atoms with E-state index >= 15 is 0 Å². The molecule has 1 amide bonds. The van der Waals surface area contributed by atoms with E-state index in [1.165, 1.54) is 12.1 Å². The molecule has 9 heteroatoms. The van der Waals surface area contributed by atoms with E-state index in [1.807, 2.05) is 0 Å².